The van der Waals surface area contributed by atoms with Crippen molar-refractivity contribution >= 4 is 21.5 Å². The normalized spacial score (nSPS) is 11.0. The molecule has 3 aromatic rings. The minimum absolute atomic E-state index is 0.0836. The Morgan fingerprint density at radius 1 is 0.846 bits per heavy atom. The topological polar surface area (TPSA) is 72.5 Å². The molecule has 0 amide bonds. The number of sulfonamides is 1. The molecular formula is C20H17NO4S. The minimum Gasteiger partial charge on any atom is -0.497 e. The molecule has 5 nitrogen and oxygen atoms in total. The molecule has 0 aliphatic carbocycles. The van der Waals surface area contributed by atoms with Crippen molar-refractivity contribution in [2.75, 3.05) is 11.8 Å². The first-order chi connectivity index (χ1) is 12.5. The van der Waals surface area contributed by atoms with Crippen molar-refractivity contribution < 1.29 is 17.9 Å². The van der Waals surface area contributed by atoms with Crippen LogP contribution in [0, 0.1) is 0 Å². The van der Waals surface area contributed by atoms with E-state index in [-0.39, 0.29) is 21.9 Å². The van der Waals surface area contributed by atoms with Crippen LogP contribution in [0.4, 0.5) is 5.69 Å². The van der Waals surface area contributed by atoms with Crippen LogP contribution in [0.15, 0.2) is 83.8 Å². The number of anilines is 1. The fourth-order valence-electron chi connectivity index (χ4n) is 2.47. The number of methoxy groups -OCH3 is 1. The summed E-state index contributed by atoms with van der Waals surface area (Å²) in [4.78, 5) is 12.8. The molecule has 0 bridgehead atoms. The van der Waals surface area contributed by atoms with Crippen molar-refractivity contribution in [3.63, 3.8) is 0 Å². The SMILES string of the molecule is COc1ccc(S(=O)(=O)Nc2ccccc2C(=O)c2ccccc2)cc1. The molecule has 3 rings (SSSR count). The number of nitrogens with one attached hydrogen (secondary N) is 1. The molecule has 6 heteroatoms. The van der Waals surface area contributed by atoms with Gasteiger partial charge < -0.3 is 4.74 Å². The quantitative estimate of drug-likeness (QED) is 0.674. The number of ether oxygens (including phenoxy) is 1. The predicted molar refractivity (Wildman–Crippen MR) is 100 cm³/mol. The van der Waals surface area contributed by atoms with Crippen LogP contribution in [-0.4, -0.2) is 21.3 Å². The largest absolute Gasteiger partial charge is 0.497 e. The maximum Gasteiger partial charge on any atom is 0.261 e. The monoisotopic (exact) mass is 367 g/mol. The van der Waals surface area contributed by atoms with E-state index in [0.717, 1.165) is 0 Å². The zero-order chi connectivity index (χ0) is 18.6. The maximum atomic E-state index is 12.7. The van der Waals surface area contributed by atoms with E-state index < -0.39 is 10.0 Å². The van der Waals surface area contributed by atoms with Crippen molar-refractivity contribution in [1.82, 2.24) is 0 Å². The van der Waals surface area contributed by atoms with Crippen molar-refractivity contribution in [2.24, 2.45) is 0 Å². The molecule has 0 fully saturated rings. The molecule has 0 radical (unpaired) electrons. The number of rotatable bonds is 6. The highest BCUT2D eigenvalue weighted by molar-refractivity contribution is 7.92. The lowest BCUT2D eigenvalue weighted by Crippen LogP contribution is -2.16. The summed E-state index contributed by atoms with van der Waals surface area (Å²) < 4.78 is 32.8. The molecule has 0 saturated heterocycles. The molecular weight excluding hydrogens is 350 g/mol. The molecule has 0 spiro atoms. The van der Waals surface area contributed by atoms with Gasteiger partial charge in [-0.25, -0.2) is 8.42 Å². The summed E-state index contributed by atoms with van der Waals surface area (Å²) in [6.45, 7) is 0. The minimum atomic E-state index is -3.83. The summed E-state index contributed by atoms with van der Waals surface area (Å²) in [5.41, 5.74) is 1.01. The molecule has 0 atom stereocenters. The van der Waals surface area contributed by atoms with E-state index >= 15 is 0 Å². The molecule has 0 aliphatic heterocycles. The van der Waals surface area contributed by atoms with Crippen molar-refractivity contribution in [1.29, 1.82) is 0 Å². The van der Waals surface area contributed by atoms with E-state index in [0.29, 0.717) is 11.3 Å². The number of benzene rings is 3. The van der Waals surface area contributed by atoms with Crippen LogP contribution >= 0.6 is 0 Å². The van der Waals surface area contributed by atoms with Crippen molar-refractivity contribution in [3.8, 4) is 5.75 Å². The molecule has 0 aliphatic rings. The molecule has 0 unspecified atom stereocenters. The number of para-hydroxylation sites is 1. The Labute approximate surface area is 152 Å². The van der Waals surface area contributed by atoms with Crippen molar-refractivity contribution in [2.45, 2.75) is 4.90 Å². The number of carbonyl (C=O) groups excluding carboxylic acids is 1. The predicted octanol–water partition coefficient (Wildman–Crippen LogP) is 3.73. The van der Waals surface area contributed by atoms with Gasteiger partial charge in [0, 0.05) is 11.1 Å². The molecule has 26 heavy (non-hydrogen) atoms. The standard InChI is InChI=1S/C20H17NO4S/c1-25-16-11-13-17(14-12-16)26(23,24)21-19-10-6-5-9-18(19)20(22)15-7-3-2-4-8-15/h2-14,21H,1H3. The lowest BCUT2D eigenvalue weighted by atomic mass is 10.0. The third kappa shape index (κ3) is 3.75. The lowest BCUT2D eigenvalue weighted by Gasteiger charge is -2.12. The highest BCUT2D eigenvalue weighted by atomic mass is 32.2. The molecule has 0 saturated carbocycles. The average molecular weight is 367 g/mol. The van der Waals surface area contributed by atoms with Gasteiger partial charge in [-0.3, -0.25) is 9.52 Å². The Morgan fingerprint density at radius 2 is 1.46 bits per heavy atom. The van der Waals surface area contributed by atoms with Gasteiger partial charge in [0.1, 0.15) is 5.75 Å². The molecule has 132 valence electrons. The van der Waals surface area contributed by atoms with Crippen LogP contribution in [0.25, 0.3) is 0 Å². The fraction of sp³-hybridized carbons (Fsp3) is 0.0500. The van der Waals surface area contributed by atoms with Gasteiger partial charge in [0.25, 0.3) is 10.0 Å². The van der Waals surface area contributed by atoms with E-state index in [1.165, 1.54) is 19.2 Å². The van der Waals surface area contributed by atoms with E-state index in [2.05, 4.69) is 4.72 Å². The van der Waals surface area contributed by atoms with E-state index in [1.807, 2.05) is 6.07 Å². The first kappa shape index (κ1) is 17.7. The fourth-order valence-corrected chi connectivity index (χ4v) is 3.55. The van der Waals surface area contributed by atoms with Crippen LogP contribution in [-0.2, 0) is 10.0 Å². The Bertz CT molecular complexity index is 1010. The molecule has 1 N–H and O–H groups in total. The Balaban J connectivity index is 1.94. The van der Waals surface area contributed by atoms with Crippen LogP contribution in [0.3, 0.4) is 0 Å². The molecule has 3 aromatic carbocycles. The van der Waals surface area contributed by atoms with E-state index in [4.69, 9.17) is 4.74 Å². The second-order valence-electron chi connectivity index (χ2n) is 5.52. The Morgan fingerprint density at radius 3 is 2.12 bits per heavy atom. The third-order valence-corrected chi connectivity index (χ3v) is 5.20. The highest BCUT2D eigenvalue weighted by Crippen LogP contribution is 2.23. The number of carbonyl (C=O) groups is 1. The smallest absolute Gasteiger partial charge is 0.261 e. The second-order valence-corrected chi connectivity index (χ2v) is 7.20. The van der Waals surface area contributed by atoms with Gasteiger partial charge in [-0.1, -0.05) is 42.5 Å². The summed E-state index contributed by atoms with van der Waals surface area (Å²) >= 11 is 0. The van der Waals surface area contributed by atoms with Gasteiger partial charge in [-0.2, -0.15) is 0 Å². The Kier molecular flexibility index (Phi) is 5.04. The van der Waals surface area contributed by atoms with Gasteiger partial charge >= 0.3 is 0 Å². The molecule has 0 heterocycles. The third-order valence-electron chi connectivity index (χ3n) is 3.82. The summed E-state index contributed by atoms with van der Waals surface area (Å²) in [6.07, 6.45) is 0. The first-order valence-electron chi connectivity index (χ1n) is 7.87. The molecule has 0 aromatic heterocycles. The summed E-state index contributed by atoms with van der Waals surface area (Å²) in [6, 6.07) is 21.3. The van der Waals surface area contributed by atoms with E-state index in [1.54, 1.807) is 60.7 Å². The summed E-state index contributed by atoms with van der Waals surface area (Å²) in [5.74, 6) is 0.308. The van der Waals surface area contributed by atoms with Gasteiger partial charge in [0.15, 0.2) is 5.78 Å². The van der Waals surface area contributed by atoms with Crippen LogP contribution in [0.2, 0.25) is 0 Å². The lowest BCUT2D eigenvalue weighted by molar-refractivity contribution is 0.103. The van der Waals surface area contributed by atoms with E-state index in [9.17, 15) is 13.2 Å². The van der Waals surface area contributed by atoms with Gasteiger partial charge in [0.2, 0.25) is 0 Å². The van der Waals surface area contributed by atoms with Gasteiger partial charge in [0.05, 0.1) is 17.7 Å². The van der Waals surface area contributed by atoms with Crippen LogP contribution in [0.1, 0.15) is 15.9 Å². The first-order valence-corrected chi connectivity index (χ1v) is 9.35. The second kappa shape index (κ2) is 7.41. The van der Waals surface area contributed by atoms with Gasteiger partial charge in [-0.05, 0) is 36.4 Å². The zero-order valence-electron chi connectivity index (χ0n) is 14.0. The van der Waals surface area contributed by atoms with Crippen LogP contribution in [0.5, 0.6) is 5.75 Å². The van der Waals surface area contributed by atoms with Gasteiger partial charge in [-0.15, -0.1) is 0 Å². The summed E-state index contributed by atoms with van der Waals surface area (Å²) in [5, 5.41) is 0. The number of hydrogen-bond donors (Lipinski definition) is 1. The zero-order valence-corrected chi connectivity index (χ0v) is 14.9. The number of hydrogen-bond acceptors (Lipinski definition) is 4. The number of ketones is 1. The average Bonchev–Trinajstić information content (AvgIpc) is 2.68. The Hall–Kier alpha value is -3.12. The summed E-state index contributed by atoms with van der Waals surface area (Å²) in [7, 11) is -2.33. The highest BCUT2D eigenvalue weighted by Gasteiger charge is 2.19. The maximum absolute atomic E-state index is 12.7. The van der Waals surface area contributed by atoms with Crippen molar-refractivity contribution in [3.05, 3.63) is 90.0 Å². The van der Waals surface area contributed by atoms with Crippen LogP contribution < -0.4 is 9.46 Å².